The highest BCUT2D eigenvalue weighted by molar-refractivity contribution is 5.97. The number of nitrogens with one attached hydrogen (secondary N) is 5. The zero-order valence-electron chi connectivity index (χ0n) is 20.6. The molecular weight excluding hydrogens is 478 g/mol. The smallest absolute Gasteiger partial charge is 0.243 e. The van der Waals surface area contributed by atoms with E-state index in [1.165, 1.54) is 26.0 Å². The lowest BCUT2D eigenvalue weighted by Crippen LogP contribution is -2.57. The lowest BCUT2D eigenvalue weighted by Gasteiger charge is -2.24. The van der Waals surface area contributed by atoms with E-state index in [1.807, 2.05) is 18.2 Å². The van der Waals surface area contributed by atoms with Crippen molar-refractivity contribution >= 4 is 29.5 Å². The number of carbonyl (C=O) groups excluding carboxylic acids is 5. The summed E-state index contributed by atoms with van der Waals surface area (Å²) in [5.74, 6) is -2.98. The van der Waals surface area contributed by atoms with E-state index in [0.717, 1.165) is 5.56 Å². The molecule has 1 heterocycles. The Balaban J connectivity index is 1.84. The van der Waals surface area contributed by atoms with E-state index in [2.05, 4.69) is 26.6 Å². The predicted molar refractivity (Wildman–Crippen MR) is 134 cm³/mol. The van der Waals surface area contributed by atoms with Crippen molar-refractivity contribution in [3.05, 3.63) is 65.7 Å². The number of aromatic hydroxyl groups is 1. The Morgan fingerprint density at radius 1 is 0.649 bits per heavy atom. The maximum absolute atomic E-state index is 13.1. The van der Waals surface area contributed by atoms with Gasteiger partial charge in [0, 0.05) is 12.8 Å². The van der Waals surface area contributed by atoms with Gasteiger partial charge >= 0.3 is 0 Å². The third kappa shape index (κ3) is 8.06. The van der Waals surface area contributed by atoms with Crippen LogP contribution in [0.1, 0.15) is 25.0 Å². The van der Waals surface area contributed by atoms with Gasteiger partial charge in [-0.3, -0.25) is 24.0 Å². The molecule has 11 heteroatoms. The Morgan fingerprint density at radius 2 is 1.16 bits per heavy atom. The molecule has 0 bridgehead atoms. The van der Waals surface area contributed by atoms with Crippen LogP contribution in [-0.2, 0) is 36.8 Å². The molecule has 0 aliphatic carbocycles. The second-order valence-electron chi connectivity index (χ2n) is 8.92. The zero-order chi connectivity index (χ0) is 26.9. The first-order chi connectivity index (χ1) is 17.6. The first-order valence-corrected chi connectivity index (χ1v) is 11.9. The zero-order valence-corrected chi connectivity index (χ0v) is 20.6. The van der Waals surface area contributed by atoms with E-state index in [0.29, 0.717) is 5.56 Å². The van der Waals surface area contributed by atoms with Crippen molar-refractivity contribution in [1.82, 2.24) is 26.6 Å². The summed E-state index contributed by atoms with van der Waals surface area (Å²) >= 11 is 0. The number of phenolic OH excluding ortho intramolecular Hbond substituents is 1. The summed E-state index contributed by atoms with van der Waals surface area (Å²) < 4.78 is 0. The van der Waals surface area contributed by atoms with Gasteiger partial charge in [-0.2, -0.15) is 0 Å². The average molecular weight is 510 g/mol. The summed E-state index contributed by atoms with van der Waals surface area (Å²) in [6, 6.07) is 11.1. The Bertz CT molecular complexity index is 1140. The molecule has 196 valence electrons. The van der Waals surface area contributed by atoms with E-state index >= 15 is 0 Å². The maximum atomic E-state index is 13.1. The van der Waals surface area contributed by atoms with Gasteiger partial charge in [0.1, 0.15) is 29.9 Å². The SMILES string of the molecule is C[C@@H]1NC(=O)[C@H](Cc2ccc(O)cc2)NC(=O)CNC(=O)[C@H](C)NC(=O)[C@H](Cc2ccccc2)NC1=O. The lowest BCUT2D eigenvalue weighted by molar-refractivity contribution is -0.133. The fourth-order valence-electron chi connectivity index (χ4n) is 3.76. The fourth-order valence-corrected chi connectivity index (χ4v) is 3.76. The number of hydrogen-bond donors (Lipinski definition) is 6. The molecule has 1 aliphatic heterocycles. The lowest BCUT2D eigenvalue weighted by atomic mass is 10.0. The number of hydrogen-bond acceptors (Lipinski definition) is 6. The quantitative estimate of drug-likeness (QED) is 0.318. The van der Waals surface area contributed by atoms with Crippen LogP contribution in [0.3, 0.4) is 0 Å². The Labute approximate surface area is 214 Å². The second-order valence-corrected chi connectivity index (χ2v) is 8.92. The van der Waals surface area contributed by atoms with Gasteiger partial charge in [0.15, 0.2) is 0 Å². The van der Waals surface area contributed by atoms with Gasteiger partial charge in [-0.15, -0.1) is 0 Å². The number of rotatable bonds is 4. The van der Waals surface area contributed by atoms with Gasteiger partial charge in [0.25, 0.3) is 0 Å². The third-order valence-electron chi connectivity index (χ3n) is 5.87. The first kappa shape index (κ1) is 27.2. The molecule has 2 aromatic rings. The minimum atomic E-state index is -1.06. The van der Waals surface area contributed by atoms with Crippen molar-refractivity contribution in [3.8, 4) is 5.75 Å². The standard InChI is InChI=1S/C26H31N5O6/c1-15-23(34)27-14-22(33)30-20(13-18-8-10-19(32)11-9-18)25(36)29-16(2)24(35)31-21(26(37)28-15)12-17-6-4-3-5-7-17/h3-11,15-16,20-21,32H,12-14H2,1-2H3,(H,27,34)(H,28,37)(H,29,36)(H,30,33)(H,31,35)/t15-,16-,20-,21-/m0/s1. The minimum Gasteiger partial charge on any atom is -0.508 e. The van der Waals surface area contributed by atoms with Crippen LogP contribution in [0.25, 0.3) is 0 Å². The number of amides is 5. The van der Waals surface area contributed by atoms with Crippen LogP contribution < -0.4 is 26.6 Å². The summed E-state index contributed by atoms with van der Waals surface area (Å²) in [6.07, 6.45) is 0.240. The fraction of sp³-hybridized carbons (Fsp3) is 0.346. The highest BCUT2D eigenvalue weighted by atomic mass is 16.3. The monoisotopic (exact) mass is 509 g/mol. The Hall–Kier alpha value is -4.41. The molecule has 1 fully saturated rings. The molecule has 0 saturated carbocycles. The van der Waals surface area contributed by atoms with Crippen LogP contribution in [0.2, 0.25) is 0 Å². The van der Waals surface area contributed by atoms with Gasteiger partial charge in [0.2, 0.25) is 29.5 Å². The van der Waals surface area contributed by atoms with Gasteiger partial charge < -0.3 is 31.7 Å². The molecule has 0 radical (unpaired) electrons. The van der Waals surface area contributed by atoms with Crippen molar-refractivity contribution in [2.75, 3.05) is 6.54 Å². The number of carbonyl (C=O) groups is 5. The van der Waals surface area contributed by atoms with Crippen LogP contribution in [0.15, 0.2) is 54.6 Å². The van der Waals surface area contributed by atoms with Crippen molar-refractivity contribution in [3.63, 3.8) is 0 Å². The highest BCUT2D eigenvalue weighted by Crippen LogP contribution is 2.12. The largest absolute Gasteiger partial charge is 0.508 e. The number of phenols is 1. The van der Waals surface area contributed by atoms with E-state index in [1.54, 1.807) is 24.3 Å². The van der Waals surface area contributed by atoms with Crippen LogP contribution in [0.5, 0.6) is 5.75 Å². The second kappa shape index (κ2) is 12.5. The summed E-state index contributed by atoms with van der Waals surface area (Å²) in [5.41, 5.74) is 1.45. The summed E-state index contributed by atoms with van der Waals surface area (Å²) in [4.78, 5) is 64.0. The molecule has 2 aromatic carbocycles. The summed E-state index contributed by atoms with van der Waals surface area (Å²) in [7, 11) is 0. The molecule has 4 atom stereocenters. The van der Waals surface area contributed by atoms with Crippen LogP contribution in [-0.4, -0.2) is 65.4 Å². The predicted octanol–water partition coefficient (Wildman–Crippen LogP) is -0.714. The maximum Gasteiger partial charge on any atom is 0.243 e. The van der Waals surface area contributed by atoms with Crippen molar-refractivity contribution in [2.24, 2.45) is 0 Å². The van der Waals surface area contributed by atoms with Crippen molar-refractivity contribution < 1.29 is 29.1 Å². The molecular formula is C26H31N5O6. The van der Waals surface area contributed by atoms with Gasteiger partial charge in [-0.05, 0) is 37.1 Å². The molecule has 1 aliphatic rings. The van der Waals surface area contributed by atoms with E-state index < -0.39 is 60.2 Å². The highest BCUT2D eigenvalue weighted by Gasteiger charge is 2.30. The normalized spacial score (nSPS) is 23.9. The number of benzene rings is 2. The van der Waals surface area contributed by atoms with E-state index in [4.69, 9.17) is 0 Å². The molecule has 0 aromatic heterocycles. The van der Waals surface area contributed by atoms with Gasteiger partial charge in [-0.25, -0.2) is 0 Å². The van der Waals surface area contributed by atoms with Crippen molar-refractivity contribution in [2.45, 2.75) is 50.9 Å². The van der Waals surface area contributed by atoms with Gasteiger partial charge in [-0.1, -0.05) is 42.5 Å². The molecule has 11 nitrogen and oxygen atoms in total. The van der Waals surface area contributed by atoms with Crippen LogP contribution in [0, 0.1) is 0 Å². The van der Waals surface area contributed by atoms with Crippen LogP contribution in [0.4, 0.5) is 0 Å². The Kier molecular flexibility index (Phi) is 9.20. The Morgan fingerprint density at radius 3 is 1.76 bits per heavy atom. The summed E-state index contributed by atoms with van der Waals surface area (Å²) in [6.45, 7) is 2.51. The molecule has 0 unspecified atom stereocenters. The third-order valence-corrected chi connectivity index (χ3v) is 5.87. The minimum absolute atomic E-state index is 0.0506. The molecule has 0 spiro atoms. The molecule has 37 heavy (non-hydrogen) atoms. The van der Waals surface area contributed by atoms with Crippen molar-refractivity contribution in [1.29, 1.82) is 0 Å². The first-order valence-electron chi connectivity index (χ1n) is 11.9. The molecule has 5 amide bonds. The average Bonchev–Trinajstić information content (AvgIpc) is 2.87. The molecule has 3 rings (SSSR count). The van der Waals surface area contributed by atoms with E-state index in [9.17, 15) is 29.1 Å². The van der Waals surface area contributed by atoms with Crippen LogP contribution >= 0.6 is 0 Å². The molecule has 6 N–H and O–H groups in total. The van der Waals surface area contributed by atoms with E-state index in [-0.39, 0.29) is 18.6 Å². The summed E-state index contributed by atoms with van der Waals surface area (Å²) in [5, 5.41) is 22.3. The van der Waals surface area contributed by atoms with Gasteiger partial charge in [0.05, 0.1) is 6.54 Å². The topological polar surface area (TPSA) is 166 Å². The molecule has 1 saturated heterocycles.